The number of ketones is 1. The fraction of sp³-hybridized carbons (Fsp3) is 0.867. The molecule has 120 valence electrons. The van der Waals surface area contributed by atoms with Gasteiger partial charge in [0.25, 0.3) is 0 Å². The highest BCUT2D eigenvalue weighted by Gasteiger charge is 2.17. The summed E-state index contributed by atoms with van der Waals surface area (Å²) in [5.74, 6) is 0.0195. The topological polar surface area (TPSA) is 81.4 Å². The van der Waals surface area contributed by atoms with Crippen molar-refractivity contribution in [1.82, 2.24) is 5.32 Å². The third-order valence-corrected chi connectivity index (χ3v) is 2.29. The molecule has 0 bridgehead atoms. The van der Waals surface area contributed by atoms with Crippen molar-refractivity contribution in [2.24, 2.45) is 11.7 Å². The number of carbonyl (C=O) groups excluding carboxylic acids is 2. The summed E-state index contributed by atoms with van der Waals surface area (Å²) in [6, 6.07) is -0.439. The molecule has 5 heteroatoms. The molecule has 0 saturated heterocycles. The zero-order valence-corrected chi connectivity index (χ0v) is 14.1. The number of nitrogens with two attached hydrogens (primary N) is 1. The van der Waals surface area contributed by atoms with E-state index >= 15 is 0 Å². The highest BCUT2D eigenvalue weighted by molar-refractivity contribution is 5.85. The van der Waals surface area contributed by atoms with Crippen molar-refractivity contribution in [3.05, 3.63) is 0 Å². The summed E-state index contributed by atoms with van der Waals surface area (Å²) in [5, 5.41) is 2.63. The molecule has 0 saturated carbocycles. The highest BCUT2D eigenvalue weighted by Crippen LogP contribution is 2.07. The summed E-state index contributed by atoms with van der Waals surface area (Å²) in [6.45, 7) is 13.6. The number of amides is 1. The molecule has 0 heterocycles. The predicted molar refractivity (Wildman–Crippen MR) is 82.6 cm³/mol. The second kappa shape index (κ2) is 10.7. The van der Waals surface area contributed by atoms with Crippen molar-refractivity contribution >= 4 is 11.9 Å². The molecule has 0 fully saturated rings. The first kappa shape index (κ1) is 21.2. The van der Waals surface area contributed by atoms with E-state index in [1.165, 1.54) is 0 Å². The van der Waals surface area contributed by atoms with Crippen LogP contribution in [0.2, 0.25) is 0 Å². The third-order valence-electron chi connectivity index (χ3n) is 2.29. The summed E-state index contributed by atoms with van der Waals surface area (Å²) in [5.41, 5.74) is 5.25. The molecule has 0 aromatic rings. The lowest BCUT2D eigenvalue weighted by Crippen LogP contribution is -2.36. The molecule has 0 spiro atoms. The molecule has 1 amide bonds. The molecule has 20 heavy (non-hydrogen) atoms. The van der Waals surface area contributed by atoms with Gasteiger partial charge in [0.15, 0.2) is 5.78 Å². The average Bonchev–Trinajstić information content (AvgIpc) is 2.33. The number of ether oxygens (including phenoxy) is 1. The van der Waals surface area contributed by atoms with Crippen LogP contribution in [-0.4, -0.2) is 30.1 Å². The molecule has 3 N–H and O–H groups in total. The van der Waals surface area contributed by atoms with E-state index in [2.05, 4.69) is 5.32 Å². The van der Waals surface area contributed by atoms with Crippen molar-refractivity contribution in [1.29, 1.82) is 0 Å². The first-order valence-corrected chi connectivity index (χ1v) is 7.39. The maximum absolute atomic E-state index is 11.5. The van der Waals surface area contributed by atoms with Crippen molar-refractivity contribution in [2.45, 2.75) is 73.0 Å². The maximum atomic E-state index is 11.5. The lowest BCUT2D eigenvalue weighted by atomic mass is 9.99. The standard InChI is InChI=1S/C13H26N2O3.C2H6/c1-9(2)11(16)10(14)7-6-8-15-12(17)18-13(3,4)5;1-2/h9-10H,6-8,14H2,1-5H3,(H,15,17);1-2H3. The van der Waals surface area contributed by atoms with Crippen LogP contribution in [0.4, 0.5) is 4.79 Å². The number of Topliss-reactive ketones (excluding diaryl/α,β-unsaturated/α-hetero) is 1. The Labute approximate surface area is 123 Å². The Balaban J connectivity index is 0. The first-order chi connectivity index (χ1) is 9.13. The van der Waals surface area contributed by atoms with Gasteiger partial charge in [-0.15, -0.1) is 0 Å². The Morgan fingerprint density at radius 1 is 1.20 bits per heavy atom. The first-order valence-electron chi connectivity index (χ1n) is 7.39. The van der Waals surface area contributed by atoms with Gasteiger partial charge in [0.2, 0.25) is 0 Å². The van der Waals surface area contributed by atoms with E-state index in [1.807, 2.05) is 48.5 Å². The number of hydrogen-bond acceptors (Lipinski definition) is 4. The number of rotatable bonds is 6. The lowest BCUT2D eigenvalue weighted by molar-refractivity contribution is -0.123. The summed E-state index contributed by atoms with van der Waals surface area (Å²) in [6.07, 6.45) is 0.803. The molecule has 0 rings (SSSR count). The zero-order chi connectivity index (χ0) is 16.3. The van der Waals surface area contributed by atoms with Crippen LogP contribution in [0.25, 0.3) is 0 Å². The monoisotopic (exact) mass is 288 g/mol. The molecule has 1 unspecified atom stereocenters. The van der Waals surface area contributed by atoms with Crippen molar-refractivity contribution in [3.63, 3.8) is 0 Å². The largest absolute Gasteiger partial charge is 0.444 e. The predicted octanol–water partition coefficient (Wildman–Crippen LogP) is 2.87. The van der Waals surface area contributed by atoms with E-state index in [1.54, 1.807) is 0 Å². The maximum Gasteiger partial charge on any atom is 0.407 e. The SMILES string of the molecule is CC.CC(C)C(=O)C(N)CCCNC(=O)OC(C)(C)C. The second-order valence-corrected chi connectivity index (χ2v) is 5.73. The lowest BCUT2D eigenvalue weighted by Gasteiger charge is -2.20. The zero-order valence-electron chi connectivity index (χ0n) is 14.1. The van der Waals surface area contributed by atoms with Crippen LogP contribution in [0.1, 0.15) is 61.3 Å². The van der Waals surface area contributed by atoms with Crippen molar-refractivity contribution < 1.29 is 14.3 Å². The summed E-state index contributed by atoms with van der Waals surface area (Å²) in [7, 11) is 0. The van der Waals surface area contributed by atoms with Gasteiger partial charge < -0.3 is 15.8 Å². The molecular weight excluding hydrogens is 256 g/mol. The molecule has 0 aliphatic rings. The van der Waals surface area contributed by atoms with Gasteiger partial charge in [0.1, 0.15) is 5.60 Å². The molecule has 1 atom stereocenters. The average molecular weight is 288 g/mol. The second-order valence-electron chi connectivity index (χ2n) is 5.73. The van der Waals surface area contributed by atoms with Gasteiger partial charge in [-0.25, -0.2) is 4.79 Å². The minimum atomic E-state index is -0.492. The van der Waals surface area contributed by atoms with Gasteiger partial charge in [0.05, 0.1) is 6.04 Å². The van der Waals surface area contributed by atoms with E-state index < -0.39 is 17.7 Å². The number of alkyl carbamates (subject to hydrolysis) is 1. The molecule has 5 nitrogen and oxygen atoms in total. The van der Waals surface area contributed by atoms with Crippen molar-refractivity contribution in [3.8, 4) is 0 Å². The number of carbonyl (C=O) groups is 2. The fourth-order valence-corrected chi connectivity index (χ4v) is 1.40. The summed E-state index contributed by atoms with van der Waals surface area (Å²) >= 11 is 0. The molecule has 0 aliphatic carbocycles. The number of nitrogens with one attached hydrogen (secondary N) is 1. The normalized spacial score (nSPS) is 12.2. The molecule has 0 radical (unpaired) electrons. The van der Waals surface area contributed by atoms with E-state index in [-0.39, 0.29) is 11.7 Å². The van der Waals surface area contributed by atoms with Gasteiger partial charge in [-0.3, -0.25) is 4.79 Å². The fourth-order valence-electron chi connectivity index (χ4n) is 1.40. The Bertz CT molecular complexity index is 283. The van der Waals surface area contributed by atoms with Crippen LogP contribution in [0, 0.1) is 5.92 Å². The van der Waals surface area contributed by atoms with Crippen LogP contribution in [0.15, 0.2) is 0 Å². The Morgan fingerprint density at radius 3 is 2.10 bits per heavy atom. The van der Waals surface area contributed by atoms with Gasteiger partial charge in [-0.05, 0) is 33.6 Å². The van der Waals surface area contributed by atoms with Gasteiger partial charge in [-0.1, -0.05) is 27.7 Å². The van der Waals surface area contributed by atoms with E-state index in [0.29, 0.717) is 19.4 Å². The minimum Gasteiger partial charge on any atom is -0.444 e. The van der Waals surface area contributed by atoms with Crippen LogP contribution >= 0.6 is 0 Å². The van der Waals surface area contributed by atoms with E-state index in [0.717, 1.165) is 0 Å². The van der Waals surface area contributed by atoms with E-state index in [9.17, 15) is 9.59 Å². The van der Waals surface area contributed by atoms with Crippen LogP contribution in [0.3, 0.4) is 0 Å². The molecule has 0 aromatic carbocycles. The smallest absolute Gasteiger partial charge is 0.407 e. The van der Waals surface area contributed by atoms with Crippen molar-refractivity contribution in [2.75, 3.05) is 6.54 Å². The Kier molecular flexibility index (Phi) is 11.3. The summed E-state index contributed by atoms with van der Waals surface area (Å²) in [4.78, 5) is 22.8. The van der Waals surface area contributed by atoms with Crippen LogP contribution in [0.5, 0.6) is 0 Å². The van der Waals surface area contributed by atoms with E-state index in [4.69, 9.17) is 10.5 Å². The third kappa shape index (κ3) is 12.0. The Morgan fingerprint density at radius 2 is 1.70 bits per heavy atom. The van der Waals surface area contributed by atoms with Gasteiger partial charge in [-0.2, -0.15) is 0 Å². The van der Waals surface area contributed by atoms with Crippen LogP contribution in [-0.2, 0) is 9.53 Å². The highest BCUT2D eigenvalue weighted by atomic mass is 16.6. The summed E-state index contributed by atoms with van der Waals surface area (Å²) < 4.78 is 5.08. The number of hydrogen-bond donors (Lipinski definition) is 2. The Hall–Kier alpha value is -1.10. The molecular formula is C15H32N2O3. The van der Waals surface area contributed by atoms with Gasteiger partial charge >= 0.3 is 6.09 Å². The molecule has 0 aromatic heterocycles. The minimum absolute atomic E-state index is 0.0428. The molecule has 0 aliphatic heterocycles. The van der Waals surface area contributed by atoms with Crippen LogP contribution < -0.4 is 11.1 Å². The van der Waals surface area contributed by atoms with Gasteiger partial charge in [0, 0.05) is 12.5 Å². The quantitative estimate of drug-likeness (QED) is 0.736.